The van der Waals surface area contributed by atoms with Crippen LogP contribution in [0.25, 0.3) is 0 Å². The topological polar surface area (TPSA) is 111 Å². The van der Waals surface area contributed by atoms with Gasteiger partial charge >= 0.3 is 12.1 Å². The van der Waals surface area contributed by atoms with E-state index in [4.69, 9.17) is 15.2 Å². The van der Waals surface area contributed by atoms with E-state index in [2.05, 4.69) is 5.32 Å². The molecule has 0 unspecified atom stereocenters. The number of benzene rings is 1. The zero-order chi connectivity index (χ0) is 25.0. The second-order valence-electron chi connectivity index (χ2n) is 10.9. The van der Waals surface area contributed by atoms with Gasteiger partial charge in [-0.2, -0.15) is 0 Å². The normalized spacial score (nSPS) is 19.5. The summed E-state index contributed by atoms with van der Waals surface area (Å²) < 4.78 is 11.3. The quantitative estimate of drug-likeness (QED) is 0.478. The van der Waals surface area contributed by atoms with E-state index in [1.165, 1.54) is 4.90 Å². The second kappa shape index (κ2) is 10.7. The molecule has 3 rings (SSSR count). The highest BCUT2D eigenvalue weighted by Crippen LogP contribution is 2.28. The van der Waals surface area contributed by atoms with Crippen LogP contribution in [0.5, 0.6) is 0 Å². The van der Waals surface area contributed by atoms with Crippen molar-refractivity contribution in [3.8, 4) is 0 Å². The standard InChI is InChI=1S/C26H39N3O5/c1-16(2)12-21(24(31)33-20-8-6-7-9-20)28-23(30)22-14-17-10-11-19(27)13-18(17)15-29(22)25(32)34-26(3,4)5/h10-11,13,16,20-22H,6-9,12,14-15,27H2,1-5H3,(H,28,30)/t21-,22-/m0/s1. The van der Waals surface area contributed by atoms with E-state index >= 15 is 0 Å². The number of esters is 1. The summed E-state index contributed by atoms with van der Waals surface area (Å²) in [5.74, 6) is -0.609. The second-order valence-corrected chi connectivity index (χ2v) is 10.9. The highest BCUT2D eigenvalue weighted by molar-refractivity contribution is 5.90. The first-order valence-electron chi connectivity index (χ1n) is 12.3. The summed E-state index contributed by atoms with van der Waals surface area (Å²) in [5, 5.41) is 2.89. The number of nitrogens with zero attached hydrogens (tertiary/aromatic N) is 1. The third kappa shape index (κ3) is 6.87. The molecule has 2 amide bonds. The molecule has 188 valence electrons. The Kier molecular flexibility index (Phi) is 8.10. The molecule has 8 nitrogen and oxygen atoms in total. The summed E-state index contributed by atoms with van der Waals surface area (Å²) >= 11 is 0. The summed E-state index contributed by atoms with van der Waals surface area (Å²) in [4.78, 5) is 40.9. The van der Waals surface area contributed by atoms with Gasteiger partial charge in [-0.1, -0.05) is 19.9 Å². The molecule has 1 aliphatic heterocycles. The molecule has 0 bridgehead atoms. The maximum absolute atomic E-state index is 13.5. The molecular weight excluding hydrogens is 434 g/mol. The summed E-state index contributed by atoms with van der Waals surface area (Å²) in [6.45, 7) is 9.55. The minimum absolute atomic E-state index is 0.0793. The summed E-state index contributed by atoms with van der Waals surface area (Å²) in [7, 11) is 0. The van der Waals surface area contributed by atoms with Crippen LogP contribution in [0.15, 0.2) is 18.2 Å². The van der Waals surface area contributed by atoms with Gasteiger partial charge in [0.15, 0.2) is 0 Å². The fourth-order valence-electron chi connectivity index (χ4n) is 4.56. The predicted molar refractivity (Wildman–Crippen MR) is 130 cm³/mol. The number of nitrogens with one attached hydrogen (secondary N) is 1. The van der Waals surface area contributed by atoms with Crippen molar-refractivity contribution in [3.63, 3.8) is 0 Å². The highest BCUT2D eigenvalue weighted by Gasteiger charge is 2.39. The number of anilines is 1. The maximum Gasteiger partial charge on any atom is 0.411 e. The first kappa shape index (κ1) is 25.8. The molecule has 1 aromatic rings. The summed E-state index contributed by atoms with van der Waals surface area (Å²) in [5.41, 5.74) is 7.66. The van der Waals surface area contributed by atoms with Gasteiger partial charge in [-0.05, 0) is 82.1 Å². The summed E-state index contributed by atoms with van der Waals surface area (Å²) in [6, 6.07) is 3.93. The third-order valence-electron chi connectivity index (χ3n) is 6.18. The lowest BCUT2D eigenvalue weighted by Gasteiger charge is -2.37. The van der Waals surface area contributed by atoms with Crippen LogP contribution in [0.3, 0.4) is 0 Å². The fourth-order valence-corrected chi connectivity index (χ4v) is 4.56. The molecule has 0 aromatic heterocycles. The van der Waals surface area contributed by atoms with Gasteiger partial charge in [0.25, 0.3) is 0 Å². The van der Waals surface area contributed by atoms with Crippen molar-refractivity contribution in [2.45, 2.75) is 103 Å². The molecule has 1 aromatic carbocycles. The zero-order valence-electron chi connectivity index (χ0n) is 21.1. The number of carbonyl (C=O) groups excluding carboxylic acids is 3. The van der Waals surface area contributed by atoms with Crippen molar-refractivity contribution in [2.75, 3.05) is 5.73 Å². The van der Waals surface area contributed by atoms with Gasteiger partial charge in [-0.3, -0.25) is 9.69 Å². The number of rotatable bonds is 6. The molecule has 2 atom stereocenters. The van der Waals surface area contributed by atoms with Crippen LogP contribution in [0, 0.1) is 5.92 Å². The Bertz CT molecular complexity index is 902. The van der Waals surface area contributed by atoms with Crippen molar-refractivity contribution in [1.82, 2.24) is 10.2 Å². The van der Waals surface area contributed by atoms with E-state index in [9.17, 15) is 14.4 Å². The van der Waals surface area contributed by atoms with Crippen molar-refractivity contribution in [2.24, 2.45) is 5.92 Å². The maximum atomic E-state index is 13.5. The molecule has 1 aliphatic carbocycles. The van der Waals surface area contributed by atoms with Crippen molar-refractivity contribution in [3.05, 3.63) is 29.3 Å². The predicted octanol–water partition coefficient (Wildman–Crippen LogP) is 3.95. The molecule has 0 radical (unpaired) electrons. The molecule has 0 saturated heterocycles. The van der Waals surface area contributed by atoms with Crippen LogP contribution in [0.1, 0.15) is 77.8 Å². The Morgan fingerprint density at radius 1 is 1.15 bits per heavy atom. The Labute approximate surface area is 202 Å². The van der Waals surface area contributed by atoms with E-state index in [0.717, 1.165) is 36.8 Å². The average molecular weight is 474 g/mol. The SMILES string of the molecule is CC(C)C[C@H](NC(=O)[C@@H]1Cc2ccc(N)cc2CN1C(=O)OC(C)(C)C)C(=O)OC1CCCC1. The average Bonchev–Trinajstić information content (AvgIpc) is 3.23. The Morgan fingerprint density at radius 3 is 2.44 bits per heavy atom. The van der Waals surface area contributed by atoms with Crippen LogP contribution in [-0.4, -0.2) is 46.7 Å². The molecular formula is C26H39N3O5. The molecule has 3 N–H and O–H groups in total. The van der Waals surface area contributed by atoms with Crippen LogP contribution < -0.4 is 11.1 Å². The van der Waals surface area contributed by atoms with Gasteiger partial charge in [0.1, 0.15) is 23.8 Å². The van der Waals surface area contributed by atoms with Crippen molar-refractivity contribution < 1.29 is 23.9 Å². The zero-order valence-corrected chi connectivity index (χ0v) is 21.1. The Morgan fingerprint density at radius 2 is 1.82 bits per heavy atom. The Balaban J connectivity index is 1.81. The fraction of sp³-hybridized carbons (Fsp3) is 0.654. The van der Waals surface area contributed by atoms with Crippen LogP contribution in [0.4, 0.5) is 10.5 Å². The molecule has 1 saturated carbocycles. The highest BCUT2D eigenvalue weighted by atomic mass is 16.6. The lowest BCUT2D eigenvalue weighted by Crippen LogP contribution is -2.56. The van der Waals surface area contributed by atoms with E-state index in [1.54, 1.807) is 26.8 Å². The lowest BCUT2D eigenvalue weighted by molar-refractivity contribution is -0.153. The lowest BCUT2D eigenvalue weighted by atomic mass is 9.93. The van der Waals surface area contributed by atoms with Gasteiger partial charge < -0.3 is 20.5 Å². The number of nitrogens with two attached hydrogens (primary N) is 1. The molecule has 1 fully saturated rings. The van der Waals surface area contributed by atoms with E-state index in [0.29, 0.717) is 18.5 Å². The van der Waals surface area contributed by atoms with E-state index in [-0.39, 0.29) is 24.5 Å². The molecule has 0 spiro atoms. The van der Waals surface area contributed by atoms with Gasteiger partial charge in [-0.25, -0.2) is 9.59 Å². The molecule has 34 heavy (non-hydrogen) atoms. The minimum Gasteiger partial charge on any atom is -0.461 e. The number of carbonyl (C=O) groups is 3. The largest absolute Gasteiger partial charge is 0.461 e. The van der Waals surface area contributed by atoms with Gasteiger partial charge in [-0.15, -0.1) is 0 Å². The van der Waals surface area contributed by atoms with Crippen molar-refractivity contribution in [1.29, 1.82) is 0 Å². The smallest absolute Gasteiger partial charge is 0.411 e. The number of nitrogen functional groups attached to an aromatic ring is 1. The van der Waals surface area contributed by atoms with Crippen LogP contribution in [-0.2, 0) is 32.0 Å². The molecule has 2 aliphatic rings. The van der Waals surface area contributed by atoms with Gasteiger partial charge in [0.2, 0.25) is 5.91 Å². The van der Waals surface area contributed by atoms with E-state index in [1.807, 2.05) is 26.0 Å². The number of hydrogen-bond acceptors (Lipinski definition) is 6. The molecule has 8 heteroatoms. The number of hydrogen-bond donors (Lipinski definition) is 2. The number of fused-ring (bicyclic) bond motifs is 1. The number of ether oxygens (including phenoxy) is 2. The minimum atomic E-state index is -0.806. The van der Waals surface area contributed by atoms with Crippen molar-refractivity contribution >= 4 is 23.7 Å². The first-order chi connectivity index (χ1) is 15.9. The monoisotopic (exact) mass is 473 g/mol. The molecule has 1 heterocycles. The summed E-state index contributed by atoms with van der Waals surface area (Å²) in [6.07, 6.45) is 3.95. The first-order valence-corrected chi connectivity index (χ1v) is 12.3. The third-order valence-corrected chi connectivity index (χ3v) is 6.18. The van der Waals surface area contributed by atoms with Gasteiger partial charge in [0.05, 0.1) is 6.54 Å². The van der Waals surface area contributed by atoms with Crippen LogP contribution >= 0.6 is 0 Å². The van der Waals surface area contributed by atoms with Gasteiger partial charge in [0, 0.05) is 12.1 Å². The van der Waals surface area contributed by atoms with E-state index < -0.39 is 29.7 Å². The Hall–Kier alpha value is -2.77. The number of amides is 2. The van der Waals surface area contributed by atoms with Crippen LogP contribution in [0.2, 0.25) is 0 Å².